The van der Waals surface area contributed by atoms with Crippen LogP contribution in [0.15, 0.2) is 17.6 Å². The number of aromatic nitrogens is 1. The normalized spacial score (nSPS) is 15.3. The van der Waals surface area contributed by atoms with Crippen LogP contribution in [0.5, 0.6) is 0 Å². The van der Waals surface area contributed by atoms with Gasteiger partial charge < -0.3 is 10.2 Å². The van der Waals surface area contributed by atoms with Gasteiger partial charge in [0.1, 0.15) is 10.9 Å². The lowest BCUT2D eigenvalue weighted by Crippen LogP contribution is -2.49. The SMILES string of the molecule is CCCC(NC(=O)c1cnc(C(C)(C)C)s1)C(=O)N1CCc2sccc2C1. The average Bonchev–Trinajstić information content (AvgIpc) is 3.28. The Morgan fingerprint density at radius 3 is 2.81 bits per heavy atom. The first-order chi connectivity index (χ1) is 12.8. The maximum Gasteiger partial charge on any atom is 0.263 e. The van der Waals surface area contributed by atoms with E-state index in [4.69, 9.17) is 0 Å². The summed E-state index contributed by atoms with van der Waals surface area (Å²) in [6, 6.07) is 1.61. The largest absolute Gasteiger partial charge is 0.339 e. The number of thiophene rings is 1. The van der Waals surface area contributed by atoms with Gasteiger partial charge in [0.2, 0.25) is 5.91 Å². The van der Waals surface area contributed by atoms with Crippen molar-refractivity contribution in [3.63, 3.8) is 0 Å². The van der Waals surface area contributed by atoms with Crippen LogP contribution in [0.4, 0.5) is 0 Å². The molecule has 2 amide bonds. The highest BCUT2D eigenvalue weighted by Gasteiger charge is 2.29. The molecule has 3 rings (SSSR count). The molecular weight excluding hydrogens is 378 g/mol. The second kappa shape index (κ2) is 8.10. The molecule has 0 aromatic carbocycles. The van der Waals surface area contributed by atoms with Crippen LogP contribution in [0.2, 0.25) is 0 Å². The molecule has 0 bridgehead atoms. The van der Waals surface area contributed by atoms with Crippen molar-refractivity contribution in [1.82, 2.24) is 15.2 Å². The summed E-state index contributed by atoms with van der Waals surface area (Å²) in [5.74, 6) is -0.189. The van der Waals surface area contributed by atoms with Gasteiger partial charge in [-0.1, -0.05) is 34.1 Å². The van der Waals surface area contributed by atoms with Crippen molar-refractivity contribution in [2.24, 2.45) is 0 Å². The molecule has 1 unspecified atom stereocenters. The van der Waals surface area contributed by atoms with Gasteiger partial charge in [0.05, 0.1) is 11.2 Å². The Balaban J connectivity index is 1.69. The summed E-state index contributed by atoms with van der Waals surface area (Å²) < 4.78 is 0. The summed E-state index contributed by atoms with van der Waals surface area (Å²) in [6.07, 6.45) is 3.99. The average molecular weight is 406 g/mol. The van der Waals surface area contributed by atoms with Crippen LogP contribution >= 0.6 is 22.7 Å². The number of amides is 2. The third kappa shape index (κ3) is 4.58. The van der Waals surface area contributed by atoms with E-state index < -0.39 is 6.04 Å². The van der Waals surface area contributed by atoms with Crippen molar-refractivity contribution in [3.05, 3.63) is 38.0 Å². The maximum absolute atomic E-state index is 13.1. The van der Waals surface area contributed by atoms with Crippen molar-refractivity contribution in [2.75, 3.05) is 6.54 Å². The summed E-state index contributed by atoms with van der Waals surface area (Å²) >= 11 is 3.16. The van der Waals surface area contributed by atoms with Crippen LogP contribution < -0.4 is 5.32 Å². The Morgan fingerprint density at radius 1 is 1.37 bits per heavy atom. The lowest BCUT2D eigenvalue weighted by atomic mass is 9.98. The van der Waals surface area contributed by atoms with E-state index in [2.05, 4.69) is 42.5 Å². The van der Waals surface area contributed by atoms with E-state index >= 15 is 0 Å². The number of carbonyl (C=O) groups excluding carboxylic acids is 2. The van der Waals surface area contributed by atoms with E-state index in [1.807, 2.05) is 11.8 Å². The van der Waals surface area contributed by atoms with Gasteiger partial charge in [-0.25, -0.2) is 4.98 Å². The first-order valence-corrected chi connectivity index (χ1v) is 11.1. The van der Waals surface area contributed by atoms with E-state index in [9.17, 15) is 9.59 Å². The Bertz CT molecular complexity index is 819. The minimum Gasteiger partial charge on any atom is -0.339 e. The van der Waals surface area contributed by atoms with Crippen molar-refractivity contribution >= 4 is 34.5 Å². The fraction of sp³-hybridized carbons (Fsp3) is 0.550. The lowest BCUT2D eigenvalue weighted by Gasteiger charge is -2.30. The lowest BCUT2D eigenvalue weighted by molar-refractivity contribution is -0.134. The highest BCUT2D eigenvalue weighted by Crippen LogP contribution is 2.27. The number of thiazole rings is 1. The van der Waals surface area contributed by atoms with Gasteiger partial charge in [-0.3, -0.25) is 9.59 Å². The standard InChI is InChI=1S/C20H27N3O2S2/c1-5-6-14(18(25)23-9-7-15-13(12-23)8-10-26-15)22-17(24)16-11-21-19(27-16)20(2,3)4/h8,10-11,14H,5-7,9,12H2,1-4H3,(H,22,24). The molecular formula is C20H27N3O2S2. The third-order valence-corrected chi connectivity index (χ3v) is 7.12. The first-order valence-electron chi connectivity index (χ1n) is 9.40. The van der Waals surface area contributed by atoms with Crippen LogP contribution in [-0.4, -0.2) is 34.3 Å². The molecule has 2 aromatic rings. The number of fused-ring (bicyclic) bond motifs is 1. The molecule has 1 atom stereocenters. The molecule has 1 aliphatic heterocycles. The van der Waals surface area contributed by atoms with E-state index in [1.54, 1.807) is 17.5 Å². The van der Waals surface area contributed by atoms with Gasteiger partial charge in [0.15, 0.2) is 0 Å². The Kier molecular flexibility index (Phi) is 6.01. The molecule has 0 fully saturated rings. The molecule has 0 aliphatic carbocycles. The molecule has 1 N–H and O–H groups in total. The van der Waals surface area contributed by atoms with Crippen molar-refractivity contribution in [2.45, 2.75) is 65.0 Å². The molecule has 2 aromatic heterocycles. The summed E-state index contributed by atoms with van der Waals surface area (Å²) in [6.45, 7) is 9.62. The molecule has 0 saturated carbocycles. The molecule has 3 heterocycles. The Morgan fingerprint density at radius 2 is 2.15 bits per heavy atom. The minimum atomic E-state index is -0.483. The van der Waals surface area contributed by atoms with E-state index in [0.29, 0.717) is 17.8 Å². The topological polar surface area (TPSA) is 62.3 Å². The van der Waals surface area contributed by atoms with Crippen LogP contribution in [0, 0.1) is 0 Å². The number of hydrogen-bond donors (Lipinski definition) is 1. The zero-order valence-corrected chi connectivity index (χ0v) is 18.0. The van der Waals surface area contributed by atoms with Gasteiger partial charge in [0, 0.05) is 23.4 Å². The van der Waals surface area contributed by atoms with Gasteiger partial charge in [-0.2, -0.15) is 0 Å². The zero-order chi connectivity index (χ0) is 19.6. The molecule has 146 valence electrons. The number of nitrogens with zero attached hydrogens (tertiary/aromatic N) is 2. The van der Waals surface area contributed by atoms with Crippen molar-refractivity contribution < 1.29 is 9.59 Å². The Labute approximate surface area is 168 Å². The van der Waals surface area contributed by atoms with Crippen molar-refractivity contribution in [1.29, 1.82) is 0 Å². The minimum absolute atomic E-state index is 0.0163. The summed E-state index contributed by atoms with van der Waals surface area (Å²) in [7, 11) is 0. The summed E-state index contributed by atoms with van der Waals surface area (Å²) in [5, 5.41) is 5.96. The highest BCUT2D eigenvalue weighted by molar-refractivity contribution is 7.13. The molecule has 27 heavy (non-hydrogen) atoms. The molecule has 7 heteroatoms. The smallest absolute Gasteiger partial charge is 0.263 e. The second-order valence-corrected chi connectivity index (χ2v) is 10.0. The van der Waals surface area contributed by atoms with Crippen LogP contribution in [0.1, 0.15) is 65.7 Å². The maximum atomic E-state index is 13.1. The second-order valence-electron chi connectivity index (χ2n) is 7.97. The summed E-state index contributed by atoms with van der Waals surface area (Å²) in [5.41, 5.74) is 1.15. The van der Waals surface area contributed by atoms with Gasteiger partial charge in [0.25, 0.3) is 5.91 Å². The highest BCUT2D eigenvalue weighted by atomic mass is 32.1. The van der Waals surface area contributed by atoms with Crippen LogP contribution in [0.3, 0.4) is 0 Å². The number of hydrogen-bond acceptors (Lipinski definition) is 5. The molecule has 0 radical (unpaired) electrons. The predicted molar refractivity (Wildman–Crippen MR) is 110 cm³/mol. The molecule has 1 aliphatic rings. The number of rotatable bonds is 5. The van der Waals surface area contributed by atoms with Crippen LogP contribution in [-0.2, 0) is 23.2 Å². The van der Waals surface area contributed by atoms with E-state index in [1.165, 1.54) is 21.8 Å². The quantitative estimate of drug-likeness (QED) is 0.818. The Hall–Kier alpha value is -1.73. The van der Waals surface area contributed by atoms with Gasteiger partial charge >= 0.3 is 0 Å². The number of nitrogens with one attached hydrogen (secondary N) is 1. The molecule has 5 nitrogen and oxygen atoms in total. The molecule has 0 spiro atoms. The van der Waals surface area contributed by atoms with Crippen LogP contribution in [0.25, 0.3) is 0 Å². The van der Waals surface area contributed by atoms with Gasteiger partial charge in [-0.15, -0.1) is 22.7 Å². The predicted octanol–water partition coefficient (Wildman–Crippen LogP) is 3.99. The monoisotopic (exact) mass is 405 g/mol. The van der Waals surface area contributed by atoms with E-state index in [0.717, 1.165) is 24.4 Å². The molecule has 0 saturated heterocycles. The summed E-state index contributed by atoms with van der Waals surface area (Å²) in [4.78, 5) is 33.9. The van der Waals surface area contributed by atoms with Gasteiger partial charge in [-0.05, 0) is 29.9 Å². The van der Waals surface area contributed by atoms with E-state index in [-0.39, 0.29) is 17.2 Å². The zero-order valence-electron chi connectivity index (χ0n) is 16.4. The fourth-order valence-electron chi connectivity index (χ4n) is 3.16. The third-order valence-electron chi connectivity index (χ3n) is 4.67. The van der Waals surface area contributed by atoms with Crippen molar-refractivity contribution in [3.8, 4) is 0 Å². The fourth-order valence-corrected chi connectivity index (χ4v) is 4.92. The number of carbonyl (C=O) groups is 2. The first kappa shape index (κ1) is 20.0.